The summed E-state index contributed by atoms with van der Waals surface area (Å²) in [4.78, 5) is 36.3. The third-order valence-electron chi connectivity index (χ3n) is 4.77. The van der Waals surface area contributed by atoms with Crippen LogP contribution in [0.15, 0.2) is 36.4 Å². The Hall–Kier alpha value is -3.42. The number of non-ortho nitro benzene ring substituents is 1. The quantitative estimate of drug-likeness (QED) is 0.538. The van der Waals surface area contributed by atoms with Crippen LogP contribution in [-0.2, 0) is 11.3 Å². The molecule has 0 aliphatic heterocycles. The van der Waals surface area contributed by atoms with E-state index in [2.05, 4.69) is 0 Å². The Balaban J connectivity index is 1.84. The number of amides is 1. The van der Waals surface area contributed by atoms with E-state index in [1.165, 1.54) is 12.1 Å². The van der Waals surface area contributed by atoms with E-state index in [-0.39, 0.29) is 17.6 Å². The monoisotopic (exact) mass is 398 g/mol. The summed E-state index contributed by atoms with van der Waals surface area (Å²) < 4.78 is 5.33. The van der Waals surface area contributed by atoms with E-state index in [0.29, 0.717) is 34.5 Å². The van der Waals surface area contributed by atoms with Gasteiger partial charge in [-0.1, -0.05) is 12.1 Å². The first-order valence-electron chi connectivity index (χ1n) is 9.26. The van der Waals surface area contributed by atoms with Crippen molar-refractivity contribution >= 4 is 17.6 Å². The molecular formula is C21H22N2O6. The average Bonchev–Trinajstić information content (AvgIpc) is 3.49. The van der Waals surface area contributed by atoms with Crippen molar-refractivity contribution in [3.8, 4) is 5.75 Å². The fourth-order valence-electron chi connectivity index (χ4n) is 3.32. The average molecular weight is 398 g/mol. The molecule has 8 heteroatoms. The van der Waals surface area contributed by atoms with Crippen molar-refractivity contribution in [1.82, 2.24) is 4.90 Å². The highest BCUT2D eigenvalue weighted by Crippen LogP contribution is 2.32. The Bertz CT molecular complexity index is 944. The molecule has 152 valence electrons. The molecule has 0 saturated heterocycles. The minimum absolute atomic E-state index is 0.00248. The van der Waals surface area contributed by atoms with Gasteiger partial charge in [-0.25, -0.2) is 4.79 Å². The maximum atomic E-state index is 13.2. The van der Waals surface area contributed by atoms with Crippen molar-refractivity contribution in [1.29, 1.82) is 0 Å². The molecule has 0 bridgehead atoms. The van der Waals surface area contributed by atoms with E-state index in [0.717, 1.165) is 12.8 Å². The highest BCUT2D eigenvalue weighted by atomic mass is 16.6. The van der Waals surface area contributed by atoms with E-state index in [4.69, 9.17) is 9.84 Å². The standard InChI is InChI=1S/C21H22N2O6/c1-13-8-16(9-14(2)20(13)29-12-19(24)25)21(26)22(17-6-7-17)11-15-4-3-5-18(10-15)23(27)28/h3-5,8-10,17H,6-7,11-12H2,1-2H3,(H,24,25). The highest BCUT2D eigenvalue weighted by molar-refractivity contribution is 5.95. The summed E-state index contributed by atoms with van der Waals surface area (Å²) in [6.07, 6.45) is 1.80. The van der Waals surface area contributed by atoms with Gasteiger partial charge in [0.25, 0.3) is 11.6 Å². The van der Waals surface area contributed by atoms with Crippen molar-refractivity contribution in [2.45, 2.75) is 39.3 Å². The van der Waals surface area contributed by atoms with Crippen LogP contribution in [0.2, 0.25) is 0 Å². The number of carbonyl (C=O) groups excluding carboxylic acids is 1. The van der Waals surface area contributed by atoms with Crippen molar-refractivity contribution in [2.75, 3.05) is 6.61 Å². The van der Waals surface area contributed by atoms with E-state index >= 15 is 0 Å². The third-order valence-corrected chi connectivity index (χ3v) is 4.77. The van der Waals surface area contributed by atoms with Gasteiger partial charge >= 0.3 is 5.97 Å². The smallest absolute Gasteiger partial charge is 0.341 e. The summed E-state index contributed by atoms with van der Waals surface area (Å²) >= 11 is 0. The number of benzene rings is 2. The molecule has 1 fully saturated rings. The molecule has 8 nitrogen and oxygen atoms in total. The predicted molar refractivity (Wildman–Crippen MR) is 105 cm³/mol. The normalized spacial score (nSPS) is 13.0. The van der Waals surface area contributed by atoms with Gasteiger partial charge in [0.1, 0.15) is 5.75 Å². The zero-order valence-corrected chi connectivity index (χ0v) is 16.3. The summed E-state index contributed by atoms with van der Waals surface area (Å²) in [7, 11) is 0. The van der Waals surface area contributed by atoms with Crippen molar-refractivity contribution in [2.24, 2.45) is 0 Å². The minimum atomic E-state index is -1.07. The number of carboxylic acids is 1. The maximum Gasteiger partial charge on any atom is 0.341 e. The first-order chi connectivity index (χ1) is 13.8. The summed E-state index contributed by atoms with van der Waals surface area (Å²) in [6.45, 7) is 3.38. The lowest BCUT2D eigenvalue weighted by atomic mass is 10.0. The van der Waals surface area contributed by atoms with Crippen LogP contribution >= 0.6 is 0 Å². The van der Waals surface area contributed by atoms with Crippen LogP contribution in [-0.4, -0.2) is 39.5 Å². The molecule has 0 unspecified atom stereocenters. The van der Waals surface area contributed by atoms with Gasteiger partial charge < -0.3 is 14.7 Å². The lowest BCUT2D eigenvalue weighted by Gasteiger charge is -2.23. The number of nitrogens with zero attached hydrogens (tertiary/aromatic N) is 2. The summed E-state index contributed by atoms with van der Waals surface area (Å²) in [5, 5.41) is 19.8. The molecule has 2 aromatic rings. The van der Waals surface area contributed by atoms with E-state index < -0.39 is 17.5 Å². The van der Waals surface area contributed by atoms with Gasteiger partial charge in [-0.05, 0) is 55.5 Å². The minimum Gasteiger partial charge on any atom is -0.481 e. The number of carbonyl (C=O) groups is 2. The van der Waals surface area contributed by atoms with E-state index in [1.54, 1.807) is 43.0 Å². The molecule has 1 saturated carbocycles. The van der Waals surface area contributed by atoms with Crippen molar-refractivity contribution in [3.63, 3.8) is 0 Å². The van der Waals surface area contributed by atoms with Gasteiger partial charge in [-0.2, -0.15) is 0 Å². The number of carboxylic acid groups (broad SMARTS) is 1. The SMILES string of the molecule is Cc1cc(C(=O)N(Cc2cccc([N+](=O)[O-])c2)C2CC2)cc(C)c1OCC(=O)O. The molecule has 0 radical (unpaired) electrons. The van der Waals surface area contributed by atoms with Gasteiger partial charge in [0.2, 0.25) is 0 Å². The van der Waals surface area contributed by atoms with Crippen LogP contribution in [0.1, 0.15) is 39.9 Å². The lowest BCUT2D eigenvalue weighted by Crippen LogP contribution is -2.32. The second-order valence-electron chi connectivity index (χ2n) is 7.21. The molecule has 1 N–H and O–H groups in total. The predicted octanol–water partition coefficient (Wildman–Crippen LogP) is 3.48. The van der Waals surface area contributed by atoms with Gasteiger partial charge in [0.15, 0.2) is 6.61 Å². The highest BCUT2D eigenvalue weighted by Gasteiger charge is 2.33. The summed E-state index contributed by atoms with van der Waals surface area (Å²) in [6, 6.07) is 9.80. The van der Waals surface area contributed by atoms with Gasteiger partial charge in [-0.3, -0.25) is 14.9 Å². The molecule has 3 rings (SSSR count). The molecule has 29 heavy (non-hydrogen) atoms. The zero-order chi connectivity index (χ0) is 21.1. The van der Waals surface area contributed by atoms with Crippen molar-refractivity contribution in [3.05, 3.63) is 68.8 Å². The Morgan fingerprint density at radius 2 is 1.86 bits per heavy atom. The second kappa shape index (κ2) is 8.30. The van der Waals surface area contributed by atoms with E-state index in [9.17, 15) is 19.7 Å². The number of hydrogen-bond donors (Lipinski definition) is 1. The molecule has 0 spiro atoms. The maximum absolute atomic E-state index is 13.2. The number of rotatable bonds is 8. The summed E-state index contributed by atoms with van der Waals surface area (Å²) in [5.41, 5.74) is 2.55. The second-order valence-corrected chi connectivity index (χ2v) is 7.21. The van der Waals surface area contributed by atoms with Crippen LogP contribution in [0.4, 0.5) is 5.69 Å². The largest absolute Gasteiger partial charge is 0.481 e. The third kappa shape index (κ3) is 4.90. The van der Waals surface area contributed by atoms with Crippen LogP contribution in [0, 0.1) is 24.0 Å². The van der Waals surface area contributed by atoms with Crippen LogP contribution in [0.3, 0.4) is 0 Å². The number of hydrogen-bond acceptors (Lipinski definition) is 5. The Labute approximate surface area is 167 Å². The molecule has 1 aliphatic carbocycles. The number of ether oxygens (including phenoxy) is 1. The molecular weight excluding hydrogens is 376 g/mol. The Morgan fingerprint density at radius 1 is 1.21 bits per heavy atom. The molecule has 1 amide bonds. The molecule has 0 atom stereocenters. The first-order valence-corrected chi connectivity index (χ1v) is 9.26. The molecule has 0 aromatic heterocycles. The summed E-state index contributed by atoms with van der Waals surface area (Å²) in [5.74, 6) is -0.767. The number of aliphatic carboxylic acids is 1. The lowest BCUT2D eigenvalue weighted by molar-refractivity contribution is -0.384. The zero-order valence-electron chi connectivity index (χ0n) is 16.3. The number of nitro benzene ring substituents is 1. The van der Waals surface area contributed by atoms with Crippen molar-refractivity contribution < 1.29 is 24.4 Å². The number of aryl methyl sites for hydroxylation is 2. The molecule has 1 aliphatic rings. The van der Waals surface area contributed by atoms with E-state index in [1.807, 2.05) is 0 Å². The molecule has 0 heterocycles. The van der Waals surface area contributed by atoms with Crippen LogP contribution in [0.5, 0.6) is 5.75 Å². The van der Waals surface area contributed by atoms with Gasteiger partial charge in [0.05, 0.1) is 4.92 Å². The Morgan fingerprint density at radius 3 is 2.41 bits per heavy atom. The molecule has 2 aromatic carbocycles. The first kappa shape index (κ1) is 20.3. The van der Waals surface area contributed by atoms with Crippen LogP contribution < -0.4 is 4.74 Å². The van der Waals surface area contributed by atoms with Gasteiger partial charge in [-0.15, -0.1) is 0 Å². The van der Waals surface area contributed by atoms with Gasteiger partial charge in [0, 0.05) is 30.3 Å². The fourth-order valence-corrected chi connectivity index (χ4v) is 3.32. The number of nitro groups is 1. The Kier molecular flexibility index (Phi) is 5.81. The topological polar surface area (TPSA) is 110 Å². The van der Waals surface area contributed by atoms with Crippen LogP contribution in [0.25, 0.3) is 0 Å². The fraction of sp³-hybridized carbons (Fsp3) is 0.333.